The van der Waals surface area contributed by atoms with Gasteiger partial charge in [-0.1, -0.05) is 0 Å². The average molecular weight is 223 g/mol. The average Bonchev–Trinajstić information content (AvgIpc) is 2.55. The van der Waals surface area contributed by atoms with E-state index in [4.69, 9.17) is 0 Å². The zero-order valence-corrected chi connectivity index (χ0v) is 9.37. The van der Waals surface area contributed by atoms with Crippen molar-refractivity contribution in [2.75, 3.05) is 11.9 Å². The van der Waals surface area contributed by atoms with E-state index in [2.05, 4.69) is 15.3 Å². The maximum absolute atomic E-state index is 11.6. The molecule has 0 aliphatic rings. The number of H-pyrrole nitrogens is 1. The van der Waals surface area contributed by atoms with Crippen LogP contribution in [0.15, 0.2) is 9.59 Å². The first-order valence-electron chi connectivity index (χ1n) is 4.95. The first kappa shape index (κ1) is 10.5. The second kappa shape index (κ2) is 3.51. The lowest BCUT2D eigenvalue weighted by Crippen LogP contribution is -2.29. The van der Waals surface area contributed by atoms with E-state index in [1.165, 1.54) is 4.57 Å². The molecule has 2 N–H and O–H groups in total. The van der Waals surface area contributed by atoms with Crippen molar-refractivity contribution in [3.05, 3.63) is 20.8 Å². The minimum Gasteiger partial charge on any atom is -0.356 e. The van der Waals surface area contributed by atoms with Gasteiger partial charge in [0.15, 0.2) is 11.2 Å². The van der Waals surface area contributed by atoms with Crippen molar-refractivity contribution < 1.29 is 0 Å². The summed E-state index contributed by atoms with van der Waals surface area (Å²) < 4.78 is 2.95. The molecule has 2 aromatic rings. The molecule has 2 rings (SSSR count). The van der Waals surface area contributed by atoms with Gasteiger partial charge in [-0.2, -0.15) is 4.98 Å². The Balaban J connectivity index is 2.91. The number of nitrogens with zero attached hydrogens (tertiary/aromatic N) is 3. The SMILES string of the molecule is CCNc1nc2c(c(=O)[nH]c(=O)n2C)n1C. The van der Waals surface area contributed by atoms with Gasteiger partial charge in [-0.25, -0.2) is 4.79 Å². The van der Waals surface area contributed by atoms with Crippen LogP contribution in [0.4, 0.5) is 5.95 Å². The summed E-state index contributed by atoms with van der Waals surface area (Å²) in [5, 5.41) is 3.02. The third kappa shape index (κ3) is 1.32. The summed E-state index contributed by atoms with van der Waals surface area (Å²) in [6.07, 6.45) is 0. The molecule has 0 aromatic carbocycles. The number of aromatic nitrogens is 4. The minimum atomic E-state index is -0.460. The largest absolute Gasteiger partial charge is 0.356 e. The Hall–Kier alpha value is -2.05. The first-order chi connectivity index (χ1) is 7.56. The highest BCUT2D eigenvalue weighted by atomic mass is 16.2. The zero-order valence-electron chi connectivity index (χ0n) is 9.37. The van der Waals surface area contributed by atoms with Crippen molar-refractivity contribution in [3.8, 4) is 0 Å². The highest BCUT2D eigenvalue weighted by Crippen LogP contribution is 2.11. The van der Waals surface area contributed by atoms with Gasteiger partial charge in [-0.3, -0.25) is 14.3 Å². The molecule has 0 fully saturated rings. The van der Waals surface area contributed by atoms with Crippen molar-refractivity contribution in [1.29, 1.82) is 0 Å². The first-order valence-corrected chi connectivity index (χ1v) is 4.95. The predicted molar refractivity (Wildman–Crippen MR) is 60.7 cm³/mol. The molecule has 2 heterocycles. The number of rotatable bonds is 2. The van der Waals surface area contributed by atoms with Gasteiger partial charge in [0.25, 0.3) is 5.56 Å². The smallest absolute Gasteiger partial charge is 0.329 e. The van der Waals surface area contributed by atoms with Crippen LogP contribution in [0.5, 0.6) is 0 Å². The second-order valence-electron chi connectivity index (χ2n) is 3.52. The molecule has 0 aliphatic carbocycles. The molecule has 7 heteroatoms. The van der Waals surface area contributed by atoms with Gasteiger partial charge in [0, 0.05) is 20.6 Å². The van der Waals surface area contributed by atoms with Crippen LogP contribution in [0.2, 0.25) is 0 Å². The number of aromatic amines is 1. The fourth-order valence-electron chi connectivity index (χ4n) is 1.62. The summed E-state index contributed by atoms with van der Waals surface area (Å²) in [5.74, 6) is 0.573. The van der Waals surface area contributed by atoms with E-state index < -0.39 is 11.2 Å². The number of imidazole rings is 1. The summed E-state index contributed by atoms with van der Waals surface area (Å²) >= 11 is 0. The molecule has 16 heavy (non-hydrogen) atoms. The van der Waals surface area contributed by atoms with Crippen LogP contribution in [-0.2, 0) is 14.1 Å². The van der Waals surface area contributed by atoms with E-state index in [-0.39, 0.29) is 0 Å². The standard InChI is InChI=1S/C9H13N5O2/c1-4-10-8-11-6-5(13(8)2)7(15)12-9(16)14(6)3/h4H2,1-3H3,(H,10,11)(H,12,15,16). The number of hydrogen-bond acceptors (Lipinski definition) is 4. The van der Waals surface area contributed by atoms with Gasteiger partial charge in [-0.15, -0.1) is 0 Å². The summed E-state index contributed by atoms with van der Waals surface area (Å²) in [5.41, 5.74) is -0.110. The number of anilines is 1. The number of aryl methyl sites for hydroxylation is 2. The van der Waals surface area contributed by atoms with Crippen LogP contribution < -0.4 is 16.6 Å². The summed E-state index contributed by atoms with van der Waals surface area (Å²) in [6.45, 7) is 2.63. The number of hydrogen-bond donors (Lipinski definition) is 2. The van der Waals surface area contributed by atoms with Gasteiger partial charge >= 0.3 is 5.69 Å². The fourth-order valence-corrected chi connectivity index (χ4v) is 1.62. The Morgan fingerprint density at radius 3 is 2.62 bits per heavy atom. The number of nitrogens with one attached hydrogen (secondary N) is 2. The van der Waals surface area contributed by atoms with E-state index in [0.29, 0.717) is 23.7 Å². The van der Waals surface area contributed by atoms with E-state index in [0.717, 1.165) is 0 Å². The van der Waals surface area contributed by atoms with Crippen LogP contribution in [-0.4, -0.2) is 25.6 Å². The quantitative estimate of drug-likeness (QED) is 0.711. The fraction of sp³-hybridized carbons (Fsp3) is 0.444. The molecule has 0 radical (unpaired) electrons. The molecule has 0 aliphatic heterocycles. The third-order valence-electron chi connectivity index (χ3n) is 2.47. The van der Waals surface area contributed by atoms with E-state index in [9.17, 15) is 9.59 Å². The van der Waals surface area contributed by atoms with Crippen LogP contribution in [0, 0.1) is 0 Å². The van der Waals surface area contributed by atoms with Crippen molar-refractivity contribution in [2.45, 2.75) is 6.92 Å². The molecule has 0 atom stereocenters. The molecule has 0 saturated heterocycles. The Kier molecular flexibility index (Phi) is 2.30. The normalized spacial score (nSPS) is 10.9. The lowest BCUT2D eigenvalue weighted by atomic mass is 10.5. The van der Waals surface area contributed by atoms with E-state index in [1.807, 2.05) is 6.92 Å². The van der Waals surface area contributed by atoms with E-state index >= 15 is 0 Å². The molecule has 0 bridgehead atoms. The van der Waals surface area contributed by atoms with E-state index in [1.54, 1.807) is 18.7 Å². The second-order valence-corrected chi connectivity index (χ2v) is 3.52. The molecule has 7 nitrogen and oxygen atoms in total. The molecule has 0 amide bonds. The maximum Gasteiger partial charge on any atom is 0.329 e. The molecule has 0 saturated carbocycles. The molecule has 0 unspecified atom stereocenters. The van der Waals surface area contributed by atoms with Crippen molar-refractivity contribution in [3.63, 3.8) is 0 Å². The molecular formula is C9H13N5O2. The van der Waals surface area contributed by atoms with Crippen molar-refractivity contribution in [2.24, 2.45) is 14.1 Å². The topological polar surface area (TPSA) is 84.7 Å². The van der Waals surface area contributed by atoms with Gasteiger partial charge in [0.05, 0.1) is 0 Å². The highest BCUT2D eigenvalue weighted by molar-refractivity contribution is 5.73. The highest BCUT2D eigenvalue weighted by Gasteiger charge is 2.13. The van der Waals surface area contributed by atoms with Crippen LogP contribution in [0.3, 0.4) is 0 Å². The Labute approximate surface area is 90.7 Å². The molecular weight excluding hydrogens is 210 g/mol. The lowest BCUT2D eigenvalue weighted by molar-refractivity contribution is 0.829. The van der Waals surface area contributed by atoms with Crippen LogP contribution in [0.1, 0.15) is 6.92 Å². The maximum atomic E-state index is 11.6. The van der Waals surface area contributed by atoms with Gasteiger partial charge in [-0.05, 0) is 6.92 Å². The third-order valence-corrected chi connectivity index (χ3v) is 2.47. The summed E-state index contributed by atoms with van der Waals surface area (Å²) in [6, 6.07) is 0. The summed E-state index contributed by atoms with van der Waals surface area (Å²) in [7, 11) is 3.30. The Bertz CT molecular complexity index is 648. The minimum absolute atomic E-state index is 0.382. The van der Waals surface area contributed by atoms with Crippen molar-refractivity contribution in [1.82, 2.24) is 19.1 Å². The van der Waals surface area contributed by atoms with Crippen LogP contribution >= 0.6 is 0 Å². The lowest BCUT2D eigenvalue weighted by Gasteiger charge is -2.01. The molecule has 0 spiro atoms. The predicted octanol–water partition coefficient (Wildman–Crippen LogP) is -0.608. The van der Waals surface area contributed by atoms with Gasteiger partial charge in [0.2, 0.25) is 5.95 Å². The number of fused-ring (bicyclic) bond motifs is 1. The molecule has 86 valence electrons. The van der Waals surface area contributed by atoms with Gasteiger partial charge in [0.1, 0.15) is 0 Å². The Morgan fingerprint density at radius 1 is 1.31 bits per heavy atom. The monoisotopic (exact) mass is 223 g/mol. The summed E-state index contributed by atoms with van der Waals surface area (Å²) in [4.78, 5) is 29.5. The Morgan fingerprint density at radius 2 is 2.00 bits per heavy atom. The zero-order chi connectivity index (χ0) is 11.9. The van der Waals surface area contributed by atoms with Gasteiger partial charge < -0.3 is 9.88 Å². The molecule has 2 aromatic heterocycles. The van der Waals surface area contributed by atoms with Crippen molar-refractivity contribution >= 4 is 17.1 Å². The van der Waals surface area contributed by atoms with Crippen LogP contribution in [0.25, 0.3) is 11.2 Å².